The molecule has 0 saturated heterocycles. The minimum Gasteiger partial charge on any atom is -0.493 e. The lowest BCUT2D eigenvalue weighted by Gasteiger charge is -2.18. The molecule has 2 aromatic rings. The Labute approximate surface area is 128 Å². The molecule has 21 heavy (non-hydrogen) atoms. The second-order valence-corrected chi connectivity index (χ2v) is 6.13. The molecule has 1 N–H and O–H groups in total. The summed E-state index contributed by atoms with van der Waals surface area (Å²) < 4.78 is 24.8. The van der Waals surface area contributed by atoms with Crippen LogP contribution < -0.4 is 14.8 Å². The van der Waals surface area contributed by atoms with Crippen molar-refractivity contribution < 1.29 is 13.9 Å². The van der Waals surface area contributed by atoms with E-state index in [4.69, 9.17) is 9.47 Å². The predicted molar refractivity (Wildman–Crippen MR) is 84.2 cm³/mol. The van der Waals surface area contributed by atoms with E-state index >= 15 is 0 Å². The molecule has 5 heteroatoms. The van der Waals surface area contributed by atoms with Gasteiger partial charge < -0.3 is 14.8 Å². The topological polar surface area (TPSA) is 30.5 Å². The van der Waals surface area contributed by atoms with Crippen LogP contribution in [-0.2, 0) is 0 Å². The van der Waals surface area contributed by atoms with Gasteiger partial charge in [0, 0.05) is 21.4 Å². The van der Waals surface area contributed by atoms with Crippen molar-refractivity contribution in [2.24, 2.45) is 0 Å². The van der Waals surface area contributed by atoms with Crippen LogP contribution in [0.15, 0.2) is 18.2 Å². The van der Waals surface area contributed by atoms with Gasteiger partial charge in [0.2, 0.25) is 0 Å². The molecule has 0 aliphatic rings. The largest absolute Gasteiger partial charge is 0.493 e. The maximum absolute atomic E-state index is 14.4. The number of thiophene rings is 1. The highest BCUT2D eigenvalue weighted by molar-refractivity contribution is 7.12. The molecule has 1 aromatic heterocycles. The van der Waals surface area contributed by atoms with E-state index in [9.17, 15) is 4.39 Å². The number of benzene rings is 1. The van der Waals surface area contributed by atoms with Crippen molar-refractivity contribution in [3.63, 3.8) is 0 Å². The standard InChI is InChI=1S/C16H20FNO2S/c1-9-6-15(21-10(9)2)16(18-3)11-7-13(19-4)14(20-5)8-12(11)17/h6-8,16,18H,1-5H3. The van der Waals surface area contributed by atoms with E-state index in [1.807, 2.05) is 7.05 Å². The van der Waals surface area contributed by atoms with Gasteiger partial charge in [0.1, 0.15) is 5.82 Å². The number of ether oxygens (including phenoxy) is 2. The minimum absolute atomic E-state index is 0.206. The van der Waals surface area contributed by atoms with Crippen molar-refractivity contribution in [2.45, 2.75) is 19.9 Å². The third kappa shape index (κ3) is 3.04. The van der Waals surface area contributed by atoms with Gasteiger partial charge in [-0.25, -0.2) is 4.39 Å². The summed E-state index contributed by atoms with van der Waals surface area (Å²) in [7, 11) is 4.87. The van der Waals surface area contributed by atoms with Crippen molar-refractivity contribution in [1.29, 1.82) is 0 Å². The third-order valence-corrected chi connectivity index (χ3v) is 4.79. The van der Waals surface area contributed by atoms with Crippen LogP contribution >= 0.6 is 11.3 Å². The summed E-state index contributed by atoms with van der Waals surface area (Å²) in [4.78, 5) is 2.32. The molecule has 1 atom stereocenters. The van der Waals surface area contributed by atoms with Crippen molar-refractivity contribution in [3.8, 4) is 11.5 Å². The van der Waals surface area contributed by atoms with Gasteiger partial charge in [0.15, 0.2) is 11.5 Å². The van der Waals surface area contributed by atoms with Gasteiger partial charge in [-0.05, 0) is 38.6 Å². The molecule has 3 nitrogen and oxygen atoms in total. The third-order valence-electron chi connectivity index (χ3n) is 3.57. The first kappa shape index (κ1) is 15.8. The molecule has 1 heterocycles. The molecule has 0 amide bonds. The number of hydrogen-bond donors (Lipinski definition) is 1. The van der Waals surface area contributed by atoms with E-state index in [1.54, 1.807) is 24.5 Å². The molecule has 1 aromatic carbocycles. The normalized spacial score (nSPS) is 12.3. The average molecular weight is 309 g/mol. The van der Waals surface area contributed by atoms with E-state index in [0.717, 1.165) is 4.88 Å². The van der Waals surface area contributed by atoms with Crippen molar-refractivity contribution in [3.05, 3.63) is 44.9 Å². The summed E-state index contributed by atoms with van der Waals surface area (Å²) in [6.45, 7) is 4.13. The Kier molecular flexibility index (Phi) is 4.85. The van der Waals surface area contributed by atoms with Gasteiger partial charge in [-0.1, -0.05) is 0 Å². The summed E-state index contributed by atoms with van der Waals surface area (Å²) in [5, 5.41) is 3.18. The molecule has 0 radical (unpaired) electrons. The number of aryl methyl sites for hydroxylation is 2. The van der Waals surface area contributed by atoms with Crippen LogP contribution in [0.2, 0.25) is 0 Å². The molecule has 114 valence electrons. The van der Waals surface area contributed by atoms with Crippen LogP contribution in [0.1, 0.15) is 26.9 Å². The Bertz CT molecular complexity index is 620. The smallest absolute Gasteiger partial charge is 0.163 e. The zero-order valence-electron chi connectivity index (χ0n) is 12.9. The fraction of sp³-hybridized carbons (Fsp3) is 0.375. The van der Waals surface area contributed by atoms with Gasteiger partial charge in [0.05, 0.1) is 20.3 Å². The molecule has 1 unspecified atom stereocenters. The molecular formula is C16H20FNO2S. The fourth-order valence-corrected chi connectivity index (χ4v) is 3.46. The SMILES string of the molecule is CNC(c1cc(C)c(C)s1)c1cc(OC)c(OC)cc1F. The number of rotatable bonds is 5. The number of nitrogens with one attached hydrogen (secondary N) is 1. The van der Waals surface area contributed by atoms with Gasteiger partial charge in [-0.3, -0.25) is 0 Å². The van der Waals surface area contributed by atoms with Crippen LogP contribution in [0.5, 0.6) is 11.5 Å². The maximum Gasteiger partial charge on any atom is 0.163 e. The highest BCUT2D eigenvalue weighted by Gasteiger charge is 2.21. The lowest BCUT2D eigenvalue weighted by molar-refractivity contribution is 0.351. The maximum atomic E-state index is 14.4. The number of methoxy groups -OCH3 is 2. The van der Waals surface area contributed by atoms with E-state index in [2.05, 4.69) is 25.2 Å². The molecule has 0 bridgehead atoms. The van der Waals surface area contributed by atoms with Gasteiger partial charge in [0.25, 0.3) is 0 Å². The van der Waals surface area contributed by atoms with Gasteiger partial charge in [-0.15, -0.1) is 11.3 Å². The van der Waals surface area contributed by atoms with Crippen LogP contribution in [-0.4, -0.2) is 21.3 Å². The molecular weight excluding hydrogens is 289 g/mol. The Hall–Kier alpha value is -1.59. The first-order chi connectivity index (χ1) is 10.0. The Morgan fingerprint density at radius 2 is 1.71 bits per heavy atom. The summed E-state index contributed by atoms with van der Waals surface area (Å²) >= 11 is 1.67. The number of halogens is 1. The van der Waals surface area contributed by atoms with E-state index in [0.29, 0.717) is 17.1 Å². The number of hydrogen-bond acceptors (Lipinski definition) is 4. The zero-order chi connectivity index (χ0) is 15.6. The van der Waals surface area contributed by atoms with E-state index < -0.39 is 0 Å². The van der Waals surface area contributed by atoms with E-state index in [1.165, 1.54) is 23.6 Å². The van der Waals surface area contributed by atoms with Crippen LogP contribution in [0.25, 0.3) is 0 Å². The Morgan fingerprint density at radius 3 is 2.19 bits per heavy atom. The molecule has 0 aliphatic heterocycles. The van der Waals surface area contributed by atoms with Gasteiger partial charge in [-0.2, -0.15) is 0 Å². The van der Waals surface area contributed by atoms with E-state index in [-0.39, 0.29) is 11.9 Å². The predicted octanol–water partition coefficient (Wildman–Crippen LogP) is 3.83. The van der Waals surface area contributed by atoms with Crippen LogP contribution in [0.3, 0.4) is 0 Å². The second kappa shape index (κ2) is 6.45. The molecule has 0 saturated carbocycles. The van der Waals surface area contributed by atoms with Crippen molar-refractivity contribution in [1.82, 2.24) is 5.32 Å². The zero-order valence-corrected chi connectivity index (χ0v) is 13.7. The molecule has 0 fully saturated rings. The summed E-state index contributed by atoms with van der Waals surface area (Å²) in [5.74, 6) is 0.613. The van der Waals surface area contributed by atoms with Crippen LogP contribution in [0, 0.1) is 19.7 Å². The highest BCUT2D eigenvalue weighted by atomic mass is 32.1. The Morgan fingerprint density at radius 1 is 1.10 bits per heavy atom. The fourth-order valence-electron chi connectivity index (χ4n) is 2.29. The summed E-state index contributed by atoms with van der Waals surface area (Å²) in [6.07, 6.45) is 0. The Balaban J connectivity index is 2.51. The summed E-state index contributed by atoms with van der Waals surface area (Å²) in [5.41, 5.74) is 1.77. The van der Waals surface area contributed by atoms with Crippen molar-refractivity contribution >= 4 is 11.3 Å². The van der Waals surface area contributed by atoms with Gasteiger partial charge >= 0.3 is 0 Å². The minimum atomic E-state index is -0.310. The first-order valence-corrected chi connectivity index (χ1v) is 7.49. The van der Waals surface area contributed by atoms with Crippen molar-refractivity contribution in [2.75, 3.05) is 21.3 Å². The molecule has 2 rings (SSSR count). The average Bonchev–Trinajstić information content (AvgIpc) is 2.80. The van der Waals surface area contributed by atoms with Crippen LogP contribution in [0.4, 0.5) is 4.39 Å². The lowest BCUT2D eigenvalue weighted by atomic mass is 10.0. The quantitative estimate of drug-likeness (QED) is 0.910. The second-order valence-electron chi connectivity index (χ2n) is 4.84. The highest BCUT2D eigenvalue weighted by Crippen LogP contribution is 2.37. The monoisotopic (exact) mass is 309 g/mol. The summed E-state index contributed by atoms with van der Waals surface area (Å²) in [6, 6.07) is 4.95. The molecule has 0 aliphatic carbocycles. The lowest BCUT2D eigenvalue weighted by Crippen LogP contribution is -2.18. The molecule has 0 spiro atoms. The first-order valence-electron chi connectivity index (χ1n) is 6.67.